The fraction of sp³-hybridized carbons (Fsp3) is 0.571. The van der Waals surface area contributed by atoms with E-state index in [0.717, 1.165) is 22.3 Å². The minimum Gasteiger partial charge on any atom is -0.395 e. The van der Waals surface area contributed by atoms with Crippen molar-refractivity contribution in [1.29, 1.82) is 0 Å². The second-order valence-corrected chi connectivity index (χ2v) is 14.4. The fourth-order valence-corrected chi connectivity index (χ4v) is 4.44. The predicted molar refractivity (Wildman–Crippen MR) is 139 cm³/mol. The second-order valence-electron chi connectivity index (χ2n) is 13.1. The normalized spacial score (nSPS) is 13.7. The van der Waals surface area contributed by atoms with E-state index in [1.165, 1.54) is 0 Å². The molecule has 2 aromatic rings. The van der Waals surface area contributed by atoms with E-state index in [9.17, 15) is 9.46 Å². The molecule has 0 bridgehead atoms. The van der Waals surface area contributed by atoms with Crippen molar-refractivity contribution in [1.82, 2.24) is 0 Å². The van der Waals surface area contributed by atoms with Gasteiger partial charge in [-0.3, -0.25) is 4.89 Å². The molecule has 0 amide bonds. The maximum Gasteiger partial charge on any atom is 0.584 e. The second kappa shape index (κ2) is 8.78. The van der Waals surface area contributed by atoms with Crippen molar-refractivity contribution in [3.63, 3.8) is 0 Å². The maximum atomic E-state index is 13.2. The number of rotatable bonds is 4. The average Bonchev–Trinajstić information content (AvgIpc) is 2.57. The Hall–Kier alpha value is -1.77. The molecule has 0 heterocycles. The van der Waals surface area contributed by atoms with Crippen LogP contribution in [0.3, 0.4) is 0 Å². The molecule has 2 aromatic carbocycles. The van der Waals surface area contributed by atoms with Crippen molar-refractivity contribution in [2.24, 2.45) is 0 Å². The number of hydrogen-bond donors (Lipinski definition) is 1. The van der Waals surface area contributed by atoms with E-state index in [0.29, 0.717) is 11.5 Å². The molecular formula is C28H43O4P. The molecule has 0 saturated carbocycles. The SMILES string of the molecule is CC(C)(C)c1ccc(OP(=O)(O)Oc2ccc(C(C)(C)C)cc2C(C)(C)C)c(C(C)(C)C)c1. The summed E-state index contributed by atoms with van der Waals surface area (Å²) < 4.78 is 24.6. The molecule has 0 fully saturated rings. The molecule has 0 atom stereocenters. The molecule has 0 saturated heterocycles. The summed E-state index contributed by atoms with van der Waals surface area (Å²) in [6.45, 7) is 25.2. The zero-order chi connectivity index (χ0) is 25.6. The third-order valence-corrected chi connectivity index (χ3v) is 6.59. The van der Waals surface area contributed by atoms with Gasteiger partial charge < -0.3 is 9.05 Å². The van der Waals surface area contributed by atoms with Crippen LogP contribution in [0.4, 0.5) is 0 Å². The zero-order valence-electron chi connectivity index (χ0n) is 22.6. The van der Waals surface area contributed by atoms with E-state index in [2.05, 4.69) is 95.2 Å². The largest absolute Gasteiger partial charge is 0.584 e. The van der Waals surface area contributed by atoms with Crippen LogP contribution in [0.15, 0.2) is 36.4 Å². The monoisotopic (exact) mass is 474 g/mol. The third-order valence-electron chi connectivity index (χ3n) is 5.73. The minimum absolute atomic E-state index is 0.0473. The first kappa shape index (κ1) is 27.5. The Bertz CT molecular complexity index is 960. The van der Waals surface area contributed by atoms with Crippen molar-refractivity contribution >= 4 is 7.82 Å². The molecule has 0 aromatic heterocycles. The third kappa shape index (κ3) is 7.11. The highest BCUT2D eigenvalue weighted by atomic mass is 31.2. The first-order valence-corrected chi connectivity index (χ1v) is 13.1. The molecule has 0 radical (unpaired) electrons. The predicted octanol–water partition coefficient (Wildman–Crippen LogP) is 8.43. The van der Waals surface area contributed by atoms with E-state index in [1.54, 1.807) is 12.1 Å². The van der Waals surface area contributed by atoms with Crippen LogP contribution >= 0.6 is 7.82 Å². The van der Waals surface area contributed by atoms with E-state index in [-0.39, 0.29) is 21.7 Å². The highest BCUT2D eigenvalue weighted by Gasteiger charge is 2.33. The summed E-state index contributed by atoms with van der Waals surface area (Å²) in [6, 6.07) is 11.6. The lowest BCUT2D eigenvalue weighted by molar-refractivity contribution is 0.286. The Balaban J connectivity index is 2.49. The molecular weight excluding hydrogens is 431 g/mol. The maximum absolute atomic E-state index is 13.2. The van der Waals surface area contributed by atoms with Crippen LogP contribution in [-0.4, -0.2) is 4.89 Å². The summed E-state index contributed by atoms with van der Waals surface area (Å²) in [5.74, 6) is 0.731. The van der Waals surface area contributed by atoms with Gasteiger partial charge in [-0.05, 0) is 44.9 Å². The van der Waals surface area contributed by atoms with Gasteiger partial charge in [-0.15, -0.1) is 0 Å². The van der Waals surface area contributed by atoms with Gasteiger partial charge in [-0.1, -0.05) is 107 Å². The van der Waals surface area contributed by atoms with Gasteiger partial charge >= 0.3 is 7.82 Å². The Labute approximate surface area is 201 Å². The summed E-state index contributed by atoms with van der Waals surface area (Å²) in [4.78, 5) is 10.8. The molecule has 5 heteroatoms. The molecule has 33 heavy (non-hydrogen) atoms. The van der Waals surface area contributed by atoms with Gasteiger partial charge in [-0.2, -0.15) is 0 Å². The zero-order valence-corrected chi connectivity index (χ0v) is 23.5. The smallest absolute Gasteiger partial charge is 0.395 e. The lowest BCUT2D eigenvalue weighted by Crippen LogP contribution is -2.18. The van der Waals surface area contributed by atoms with Crippen molar-refractivity contribution in [3.8, 4) is 11.5 Å². The van der Waals surface area contributed by atoms with Crippen LogP contribution in [0, 0.1) is 0 Å². The first-order chi connectivity index (χ1) is 14.6. The van der Waals surface area contributed by atoms with Gasteiger partial charge in [0.15, 0.2) is 0 Å². The summed E-state index contributed by atoms with van der Waals surface area (Å²) in [5, 5.41) is 0. The highest BCUT2D eigenvalue weighted by Crippen LogP contribution is 2.50. The lowest BCUT2D eigenvalue weighted by Gasteiger charge is -2.29. The van der Waals surface area contributed by atoms with Crippen LogP contribution in [-0.2, 0) is 26.2 Å². The molecule has 0 aliphatic heterocycles. The number of benzene rings is 2. The number of phosphoric ester groups is 1. The molecule has 184 valence electrons. The Morgan fingerprint density at radius 1 is 0.576 bits per heavy atom. The fourth-order valence-electron chi connectivity index (χ4n) is 3.59. The Morgan fingerprint density at radius 2 is 0.879 bits per heavy atom. The van der Waals surface area contributed by atoms with Crippen LogP contribution in [0.5, 0.6) is 11.5 Å². The molecule has 0 spiro atoms. The average molecular weight is 475 g/mol. The van der Waals surface area contributed by atoms with Crippen LogP contribution in [0.2, 0.25) is 0 Å². The van der Waals surface area contributed by atoms with Crippen molar-refractivity contribution in [2.75, 3.05) is 0 Å². The van der Waals surface area contributed by atoms with Crippen molar-refractivity contribution < 1.29 is 18.5 Å². The van der Waals surface area contributed by atoms with Gasteiger partial charge in [0, 0.05) is 11.1 Å². The number of phosphoric acid groups is 1. The molecule has 0 aliphatic carbocycles. The van der Waals surface area contributed by atoms with Crippen LogP contribution < -0.4 is 9.05 Å². The van der Waals surface area contributed by atoms with Gasteiger partial charge in [-0.25, -0.2) is 4.57 Å². The van der Waals surface area contributed by atoms with Crippen molar-refractivity contribution in [3.05, 3.63) is 58.7 Å². The first-order valence-electron chi connectivity index (χ1n) is 11.6. The minimum atomic E-state index is -4.44. The quantitative estimate of drug-likeness (QED) is 0.452. The van der Waals surface area contributed by atoms with Gasteiger partial charge in [0.05, 0.1) is 0 Å². The molecule has 4 nitrogen and oxygen atoms in total. The summed E-state index contributed by atoms with van der Waals surface area (Å²) in [7, 11) is -4.44. The molecule has 2 rings (SSSR count). The van der Waals surface area contributed by atoms with Gasteiger partial charge in [0.2, 0.25) is 0 Å². The van der Waals surface area contributed by atoms with E-state index in [4.69, 9.17) is 9.05 Å². The van der Waals surface area contributed by atoms with Crippen molar-refractivity contribution in [2.45, 2.75) is 105 Å². The summed E-state index contributed by atoms with van der Waals surface area (Å²) >= 11 is 0. The lowest BCUT2D eigenvalue weighted by atomic mass is 9.80. The van der Waals surface area contributed by atoms with Crippen LogP contribution in [0.25, 0.3) is 0 Å². The topological polar surface area (TPSA) is 55.8 Å². The molecule has 0 aliphatic rings. The van der Waals surface area contributed by atoms with Crippen LogP contribution in [0.1, 0.15) is 105 Å². The standard InChI is InChI=1S/C28H43O4P/c1-25(2,3)19-13-15-23(21(17-19)27(7,8)9)31-33(29,30)32-24-16-14-20(26(4,5)6)18-22(24)28(10,11)12/h13-18H,1-12H3,(H,29,30). The van der Waals surface area contributed by atoms with Gasteiger partial charge in [0.25, 0.3) is 0 Å². The van der Waals surface area contributed by atoms with Gasteiger partial charge in [0.1, 0.15) is 11.5 Å². The summed E-state index contributed by atoms with van der Waals surface area (Å²) in [5.41, 5.74) is 3.37. The number of hydrogen-bond acceptors (Lipinski definition) is 3. The van der Waals surface area contributed by atoms with E-state index >= 15 is 0 Å². The van der Waals surface area contributed by atoms with E-state index < -0.39 is 7.82 Å². The highest BCUT2D eigenvalue weighted by molar-refractivity contribution is 7.48. The molecule has 0 unspecified atom stereocenters. The Kier molecular flexibility index (Phi) is 7.31. The van der Waals surface area contributed by atoms with E-state index in [1.807, 2.05) is 12.1 Å². The Morgan fingerprint density at radius 3 is 1.12 bits per heavy atom. The summed E-state index contributed by atoms with van der Waals surface area (Å²) in [6.07, 6.45) is 0. The molecule has 1 N–H and O–H groups in total.